The summed E-state index contributed by atoms with van der Waals surface area (Å²) in [6.45, 7) is 7.02. The normalized spacial score (nSPS) is 21.7. The number of piperazine rings is 1. The van der Waals surface area contributed by atoms with Crippen LogP contribution in [0.15, 0.2) is 29.1 Å². The van der Waals surface area contributed by atoms with E-state index in [1.165, 1.54) is 0 Å². The first kappa shape index (κ1) is 20.3. The number of rotatable bonds is 5. The highest BCUT2D eigenvalue weighted by Crippen LogP contribution is 2.28. The van der Waals surface area contributed by atoms with E-state index in [-0.39, 0.29) is 17.7 Å². The molecule has 2 aliphatic rings. The van der Waals surface area contributed by atoms with Gasteiger partial charge in [-0.25, -0.2) is 4.68 Å². The molecule has 31 heavy (non-hydrogen) atoms. The Morgan fingerprint density at radius 3 is 2.84 bits per heavy atom. The van der Waals surface area contributed by atoms with E-state index >= 15 is 0 Å². The lowest BCUT2D eigenvalue weighted by atomic mass is 10.0. The van der Waals surface area contributed by atoms with Gasteiger partial charge < -0.3 is 14.6 Å². The Bertz CT molecular complexity index is 1110. The number of aromatic amines is 1. The summed E-state index contributed by atoms with van der Waals surface area (Å²) in [4.78, 5) is 20.9. The highest BCUT2D eigenvalue weighted by molar-refractivity contribution is 5.79. The molecule has 2 aliphatic heterocycles. The van der Waals surface area contributed by atoms with Gasteiger partial charge in [0.15, 0.2) is 5.82 Å². The second-order valence-corrected chi connectivity index (χ2v) is 8.74. The van der Waals surface area contributed by atoms with Crippen LogP contribution >= 0.6 is 0 Å². The second-order valence-electron chi connectivity index (χ2n) is 8.74. The molecule has 5 rings (SSSR count). The molecule has 2 aromatic heterocycles. The van der Waals surface area contributed by atoms with Crippen molar-refractivity contribution in [3.8, 4) is 0 Å². The lowest BCUT2D eigenvalue weighted by Crippen LogP contribution is -2.47. The number of benzene rings is 1. The average Bonchev–Trinajstić information content (AvgIpc) is 3.43. The molecular formula is C22H29N7O2. The third kappa shape index (κ3) is 4.13. The van der Waals surface area contributed by atoms with E-state index in [1.807, 2.05) is 22.9 Å². The van der Waals surface area contributed by atoms with Crippen molar-refractivity contribution in [2.75, 3.05) is 39.8 Å². The highest BCUT2D eigenvalue weighted by atomic mass is 16.5. The minimum absolute atomic E-state index is 0.0908. The number of hydrogen-bond acceptors (Lipinski definition) is 7. The summed E-state index contributed by atoms with van der Waals surface area (Å²) in [7, 11) is 2.12. The summed E-state index contributed by atoms with van der Waals surface area (Å²) in [5.74, 6) is 0.706. The third-order valence-corrected chi connectivity index (χ3v) is 6.43. The zero-order chi connectivity index (χ0) is 21.4. The van der Waals surface area contributed by atoms with Gasteiger partial charge in [-0.3, -0.25) is 9.69 Å². The fraction of sp³-hybridized carbons (Fsp3) is 0.545. The van der Waals surface area contributed by atoms with Gasteiger partial charge >= 0.3 is 0 Å². The van der Waals surface area contributed by atoms with Gasteiger partial charge in [-0.2, -0.15) is 0 Å². The fourth-order valence-electron chi connectivity index (χ4n) is 4.64. The van der Waals surface area contributed by atoms with E-state index in [2.05, 4.69) is 50.3 Å². The Hall–Kier alpha value is -2.62. The molecule has 0 radical (unpaired) electrons. The number of H-pyrrole nitrogens is 1. The first-order chi connectivity index (χ1) is 15.1. The van der Waals surface area contributed by atoms with Gasteiger partial charge in [0.1, 0.15) is 6.04 Å². The van der Waals surface area contributed by atoms with Crippen LogP contribution in [0.5, 0.6) is 0 Å². The van der Waals surface area contributed by atoms with Crippen molar-refractivity contribution < 1.29 is 4.74 Å². The number of likely N-dealkylation sites (N-methyl/N-ethyl adjacent to an activating group) is 1. The van der Waals surface area contributed by atoms with Gasteiger partial charge in [0, 0.05) is 43.9 Å². The smallest absolute Gasteiger partial charge is 0.253 e. The summed E-state index contributed by atoms with van der Waals surface area (Å²) in [6.07, 6.45) is 2.19. The molecule has 4 heterocycles. The molecule has 9 heteroatoms. The number of nitrogens with one attached hydrogen (secondary N) is 1. The zero-order valence-electron chi connectivity index (χ0n) is 18.1. The summed E-state index contributed by atoms with van der Waals surface area (Å²) in [6, 6.07) is 7.78. The van der Waals surface area contributed by atoms with Crippen molar-refractivity contribution in [1.29, 1.82) is 0 Å². The van der Waals surface area contributed by atoms with Gasteiger partial charge in [-0.05, 0) is 60.8 Å². The minimum Gasteiger partial charge on any atom is -0.376 e. The summed E-state index contributed by atoms with van der Waals surface area (Å²) >= 11 is 0. The molecule has 0 bridgehead atoms. The van der Waals surface area contributed by atoms with Crippen molar-refractivity contribution in [3.05, 3.63) is 51.6 Å². The molecule has 164 valence electrons. The number of aryl methyl sites for hydroxylation is 1. The quantitative estimate of drug-likeness (QED) is 0.662. The molecule has 0 saturated carbocycles. The number of pyridine rings is 1. The average molecular weight is 424 g/mol. The minimum atomic E-state index is -0.307. The topological polar surface area (TPSA) is 92.2 Å². The number of aromatic nitrogens is 5. The van der Waals surface area contributed by atoms with Gasteiger partial charge in [0.2, 0.25) is 0 Å². The number of fused-ring (bicyclic) bond motifs is 1. The molecule has 0 amide bonds. The lowest BCUT2D eigenvalue weighted by Gasteiger charge is -2.37. The Morgan fingerprint density at radius 2 is 2.06 bits per heavy atom. The predicted octanol–water partition coefficient (Wildman–Crippen LogP) is 1.34. The van der Waals surface area contributed by atoms with Crippen LogP contribution in [0.25, 0.3) is 10.9 Å². The molecule has 2 atom stereocenters. The monoisotopic (exact) mass is 423 g/mol. The standard InChI is InChI=1S/C22H29N7O2/c1-15-5-6-19-16(12-15)13-18(22(30)23-19)20(28-9-7-27(2)8-10-28)21-24-25-26-29(21)14-17-4-3-11-31-17/h5-6,12-13,17,20H,3-4,7-11,14H2,1-2H3,(H,23,30)/t17-,20+/m1/s1. The maximum atomic E-state index is 13.2. The first-order valence-electron chi connectivity index (χ1n) is 11.0. The SMILES string of the molecule is Cc1ccc2[nH]c(=O)c([C@@H](c3nnnn3C[C@H]3CCCO3)N3CCN(C)CC3)cc2c1. The van der Waals surface area contributed by atoms with Crippen LogP contribution in [0, 0.1) is 6.92 Å². The van der Waals surface area contributed by atoms with Gasteiger partial charge in [-0.15, -0.1) is 5.10 Å². The van der Waals surface area contributed by atoms with E-state index in [4.69, 9.17) is 4.74 Å². The number of nitrogens with zero attached hydrogens (tertiary/aromatic N) is 6. The predicted molar refractivity (Wildman–Crippen MR) is 117 cm³/mol. The number of ether oxygens (including phenoxy) is 1. The van der Waals surface area contributed by atoms with Gasteiger partial charge in [-0.1, -0.05) is 11.6 Å². The van der Waals surface area contributed by atoms with Gasteiger partial charge in [0.25, 0.3) is 5.56 Å². The van der Waals surface area contributed by atoms with Crippen molar-refractivity contribution in [2.24, 2.45) is 0 Å². The second kappa shape index (κ2) is 8.49. The summed E-state index contributed by atoms with van der Waals surface area (Å²) in [5, 5.41) is 13.7. The molecule has 2 saturated heterocycles. The molecule has 3 aromatic rings. The Morgan fingerprint density at radius 1 is 1.23 bits per heavy atom. The Labute approximate surface area is 181 Å². The lowest BCUT2D eigenvalue weighted by molar-refractivity contribution is 0.0878. The Kier molecular flexibility index (Phi) is 5.56. The van der Waals surface area contributed by atoms with Crippen molar-refractivity contribution in [1.82, 2.24) is 35.0 Å². The van der Waals surface area contributed by atoms with Crippen molar-refractivity contribution in [3.63, 3.8) is 0 Å². The van der Waals surface area contributed by atoms with E-state index in [9.17, 15) is 4.79 Å². The molecule has 1 aromatic carbocycles. The molecule has 1 N–H and O–H groups in total. The van der Waals surface area contributed by atoms with Crippen LogP contribution < -0.4 is 5.56 Å². The van der Waals surface area contributed by atoms with E-state index < -0.39 is 0 Å². The van der Waals surface area contributed by atoms with Crippen LogP contribution in [0.2, 0.25) is 0 Å². The summed E-state index contributed by atoms with van der Waals surface area (Å²) in [5.41, 5.74) is 2.60. The number of hydrogen-bond donors (Lipinski definition) is 1. The largest absolute Gasteiger partial charge is 0.376 e. The molecule has 0 spiro atoms. The van der Waals surface area contributed by atoms with Crippen LogP contribution in [0.1, 0.15) is 35.8 Å². The van der Waals surface area contributed by atoms with Gasteiger partial charge in [0.05, 0.1) is 12.6 Å². The molecule has 9 nitrogen and oxygen atoms in total. The van der Waals surface area contributed by atoms with Crippen LogP contribution in [-0.2, 0) is 11.3 Å². The maximum Gasteiger partial charge on any atom is 0.253 e. The van der Waals surface area contributed by atoms with E-state index in [1.54, 1.807) is 0 Å². The third-order valence-electron chi connectivity index (χ3n) is 6.43. The van der Waals surface area contributed by atoms with Crippen molar-refractivity contribution in [2.45, 2.75) is 38.5 Å². The molecule has 2 fully saturated rings. The van der Waals surface area contributed by atoms with Crippen LogP contribution in [0.4, 0.5) is 0 Å². The summed E-state index contributed by atoms with van der Waals surface area (Å²) < 4.78 is 7.65. The fourth-order valence-corrected chi connectivity index (χ4v) is 4.64. The first-order valence-corrected chi connectivity index (χ1v) is 11.0. The zero-order valence-corrected chi connectivity index (χ0v) is 18.1. The van der Waals surface area contributed by atoms with E-state index in [0.717, 1.165) is 62.1 Å². The Balaban J connectivity index is 1.59. The highest BCUT2D eigenvalue weighted by Gasteiger charge is 2.33. The van der Waals surface area contributed by atoms with Crippen LogP contribution in [0.3, 0.4) is 0 Å². The van der Waals surface area contributed by atoms with Crippen LogP contribution in [-0.4, -0.2) is 80.9 Å². The molecule has 0 unspecified atom stereocenters. The molecule has 0 aliphatic carbocycles. The van der Waals surface area contributed by atoms with E-state index in [0.29, 0.717) is 17.9 Å². The van der Waals surface area contributed by atoms with Crippen molar-refractivity contribution >= 4 is 10.9 Å². The number of tetrazole rings is 1. The molecular weight excluding hydrogens is 394 g/mol. The maximum absolute atomic E-state index is 13.2.